The molecule has 0 spiro atoms. The van der Waals surface area contributed by atoms with Crippen LogP contribution in [0.25, 0.3) is 0 Å². The molecule has 2 amide bonds. The first-order valence-electron chi connectivity index (χ1n) is 11.6. The topological polar surface area (TPSA) is 87.8 Å². The van der Waals surface area contributed by atoms with Gasteiger partial charge in [-0.2, -0.15) is 5.10 Å². The molecular weight excluding hydrogens is 488 g/mol. The zero-order chi connectivity index (χ0) is 23.0. The molecule has 1 aromatic heterocycles. The van der Waals surface area contributed by atoms with E-state index in [0.29, 0.717) is 58.7 Å². The molecule has 0 bridgehead atoms. The number of carbonyl (C=O) groups is 2. The second-order valence-electron chi connectivity index (χ2n) is 8.66. The number of H-pyrrole nitrogens is 1. The average Bonchev–Trinajstić information content (AvgIpc) is 3.34. The molecule has 2 aromatic rings. The summed E-state index contributed by atoms with van der Waals surface area (Å²) in [6, 6.07) is 7.76. The third kappa shape index (κ3) is 6.80. The van der Waals surface area contributed by atoms with E-state index in [0.717, 1.165) is 28.6 Å². The number of nitrogens with zero attached hydrogens (tertiary/aromatic N) is 3. The van der Waals surface area contributed by atoms with Gasteiger partial charge in [0.2, 0.25) is 11.8 Å². The van der Waals surface area contributed by atoms with Crippen molar-refractivity contribution >= 4 is 27.7 Å². The lowest BCUT2D eigenvalue weighted by atomic mass is 9.90. The molecule has 2 aliphatic rings. The van der Waals surface area contributed by atoms with Crippen molar-refractivity contribution in [3.05, 3.63) is 46.7 Å². The number of piperidine rings is 1. The Balaban J connectivity index is 1.38. The van der Waals surface area contributed by atoms with E-state index in [4.69, 9.17) is 9.47 Å². The summed E-state index contributed by atoms with van der Waals surface area (Å²) in [6.45, 7) is 3.59. The van der Waals surface area contributed by atoms with E-state index in [2.05, 4.69) is 26.1 Å². The Morgan fingerprint density at radius 2 is 2.03 bits per heavy atom. The summed E-state index contributed by atoms with van der Waals surface area (Å²) >= 11 is 3.49. The zero-order valence-corrected chi connectivity index (χ0v) is 20.3. The Bertz CT molecular complexity index is 917. The summed E-state index contributed by atoms with van der Waals surface area (Å²) < 4.78 is 12.7. The monoisotopic (exact) mass is 518 g/mol. The Hall–Kier alpha value is -2.39. The first-order valence-corrected chi connectivity index (χ1v) is 12.4. The van der Waals surface area contributed by atoms with Gasteiger partial charge in [-0.3, -0.25) is 14.7 Å². The molecule has 0 saturated carbocycles. The number of likely N-dealkylation sites (tertiary alicyclic amines) is 1. The molecule has 2 saturated heterocycles. The lowest BCUT2D eigenvalue weighted by molar-refractivity contribution is -0.141. The van der Waals surface area contributed by atoms with E-state index < -0.39 is 0 Å². The van der Waals surface area contributed by atoms with Gasteiger partial charge in [0, 0.05) is 62.0 Å². The molecule has 1 N–H and O–H groups in total. The molecule has 0 aliphatic carbocycles. The van der Waals surface area contributed by atoms with Crippen LogP contribution in [0.2, 0.25) is 0 Å². The van der Waals surface area contributed by atoms with Gasteiger partial charge in [-0.05, 0) is 36.6 Å². The van der Waals surface area contributed by atoms with Gasteiger partial charge >= 0.3 is 0 Å². The molecule has 2 fully saturated rings. The molecule has 4 rings (SSSR count). The average molecular weight is 519 g/mol. The number of hydrogen-bond acceptors (Lipinski definition) is 5. The van der Waals surface area contributed by atoms with Crippen LogP contribution in [0.3, 0.4) is 0 Å². The van der Waals surface area contributed by atoms with Crippen molar-refractivity contribution in [3.8, 4) is 5.75 Å². The molecule has 2 aliphatic heterocycles. The van der Waals surface area contributed by atoms with Crippen LogP contribution in [0.15, 0.2) is 41.1 Å². The Kier molecular flexibility index (Phi) is 8.39. The van der Waals surface area contributed by atoms with E-state index in [-0.39, 0.29) is 23.8 Å². The smallest absolute Gasteiger partial charge is 0.223 e. The summed E-state index contributed by atoms with van der Waals surface area (Å²) in [6.07, 6.45) is 6.73. The van der Waals surface area contributed by atoms with Crippen molar-refractivity contribution in [1.82, 2.24) is 20.0 Å². The highest BCUT2D eigenvalue weighted by Crippen LogP contribution is 2.28. The second kappa shape index (κ2) is 11.7. The molecular formula is C24H31BrN4O4. The van der Waals surface area contributed by atoms with E-state index in [1.54, 1.807) is 6.20 Å². The van der Waals surface area contributed by atoms with E-state index in [9.17, 15) is 9.59 Å². The third-order valence-corrected chi connectivity index (χ3v) is 6.81. The number of amides is 2. The number of morpholine rings is 1. The summed E-state index contributed by atoms with van der Waals surface area (Å²) in [5, 5.41) is 6.76. The van der Waals surface area contributed by atoms with E-state index in [1.165, 1.54) is 0 Å². The number of carbonyl (C=O) groups excluding carboxylic acids is 2. The largest absolute Gasteiger partial charge is 0.490 e. The predicted molar refractivity (Wildman–Crippen MR) is 127 cm³/mol. The molecule has 0 unspecified atom stereocenters. The summed E-state index contributed by atoms with van der Waals surface area (Å²) in [7, 11) is 0. The van der Waals surface area contributed by atoms with Crippen molar-refractivity contribution < 1.29 is 19.1 Å². The van der Waals surface area contributed by atoms with Gasteiger partial charge in [0.15, 0.2) is 0 Å². The van der Waals surface area contributed by atoms with Crippen molar-refractivity contribution in [2.45, 2.75) is 38.2 Å². The van der Waals surface area contributed by atoms with Gasteiger partial charge in [-0.1, -0.05) is 22.0 Å². The molecule has 33 heavy (non-hydrogen) atoms. The van der Waals surface area contributed by atoms with Crippen LogP contribution < -0.4 is 4.74 Å². The number of aromatic amines is 1. The highest BCUT2D eigenvalue weighted by molar-refractivity contribution is 9.10. The molecule has 1 aromatic carbocycles. The van der Waals surface area contributed by atoms with Crippen molar-refractivity contribution in [2.24, 2.45) is 5.92 Å². The number of aromatic nitrogens is 2. The van der Waals surface area contributed by atoms with Crippen LogP contribution in [0.4, 0.5) is 0 Å². The Morgan fingerprint density at radius 3 is 2.79 bits per heavy atom. The summed E-state index contributed by atoms with van der Waals surface area (Å²) in [5.41, 5.74) is 1.11. The quantitative estimate of drug-likeness (QED) is 0.580. The lowest BCUT2D eigenvalue weighted by Crippen LogP contribution is -2.50. The highest BCUT2D eigenvalue weighted by Gasteiger charge is 2.35. The minimum atomic E-state index is -0.112. The van der Waals surface area contributed by atoms with Crippen LogP contribution in [0.1, 0.15) is 31.2 Å². The predicted octanol–water partition coefficient (Wildman–Crippen LogP) is 3.04. The maximum Gasteiger partial charge on any atom is 0.223 e. The first kappa shape index (κ1) is 23.8. The Labute approximate surface area is 202 Å². The molecule has 2 atom stereocenters. The highest BCUT2D eigenvalue weighted by atomic mass is 79.9. The second-order valence-corrected chi connectivity index (χ2v) is 9.58. The van der Waals surface area contributed by atoms with Crippen LogP contribution in [-0.4, -0.2) is 77.3 Å². The molecule has 178 valence electrons. The minimum absolute atomic E-state index is 0.0501. The normalized spacial score (nSPS) is 21.1. The maximum atomic E-state index is 13.0. The van der Waals surface area contributed by atoms with Crippen molar-refractivity contribution in [3.63, 3.8) is 0 Å². The third-order valence-electron chi connectivity index (χ3n) is 6.31. The SMILES string of the molecule is O=C(C[C@H]1CN(C(=O)CCCc2cn[nH]c2)CC[C@@H]1Oc1cccc(Br)c1)N1CCOCC1. The van der Waals surface area contributed by atoms with Gasteiger partial charge in [-0.25, -0.2) is 0 Å². The fraction of sp³-hybridized carbons (Fsp3) is 0.542. The summed E-state index contributed by atoms with van der Waals surface area (Å²) in [4.78, 5) is 29.7. The van der Waals surface area contributed by atoms with Crippen LogP contribution >= 0.6 is 15.9 Å². The standard InChI is InChI=1S/C24H31BrN4O4/c25-20-4-2-5-21(14-20)33-22-7-8-29(23(30)6-1-3-18-15-26-27-16-18)17-19(22)13-24(31)28-9-11-32-12-10-28/h2,4-5,14-16,19,22H,1,3,6-13,17H2,(H,26,27)/t19-,22-/m0/s1. The van der Waals surface area contributed by atoms with Crippen molar-refractivity contribution in [2.75, 3.05) is 39.4 Å². The van der Waals surface area contributed by atoms with Crippen LogP contribution in [0, 0.1) is 5.92 Å². The number of hydrogen-bond donors (Lipinski definition) is 1. The van der Waals surface area contributed by atoms with Gasteiger partial charge < -0.3 is 19.3 Å². The fourth-order valence-electron chi connectivity index (χ4n) is 4.49. The number of rotatable bonds is 8. The number of ether oxygens (including phenoxy) is 2. The van der Waals surface area contributed by atoms with E-state index >= 15 is 0 Å². The first-order chi connectivity index (χ1) is 16.1. The molecule has 0 radical (unpaired) electrons. The minimum Gasteiger partial charge on any atom is -0.490 e. The fourth-order valence-corrected chi connectivity index (χ4v) is 4.86. The van der Waals surface area contributed by atoms with Crippen LogP contribution in [0.5, 0.6) is 5.75 Å². The van der Waals surface area contributed by atoms with Gasteiger partial charge in [0.25, 0.3) is 0 Å². The number of nitrogens with one attached hydrogen (secondary N) is 1. The van der Waals surface area contributed by atoms with Gasteiger partial charge in [0.1, 0.15) is 11.9 Å². The molecule has 9 heteroatoms. The Morgan fingerprint density at radius 1 is 1.18 bits per heavy atom. The number of aryl methyl sites for hydroxylation is 1. The lowest BCUT2D eigenvalue weighted by Gasteiger charge is -2.39. The van der Waals surface area contributed by atoms with Gasteiger partial charge in [-0.15, -0.1) is 0 Å². The summed E-state index contributed by atoms with van der Waals surface area (Å²) in [5.74, 6) is 0.979. The number of halogens is 1. The molecule has 3 heterocycles. The van der Waals surface area contributed by atoms with Crippen LogP contribution in [-0.2, 0) is 20.7 Å². The van der Waals surface area contributed by atoms with Crippen molar-refractivity contribution in [1.29, 1.82) is 0 Å². The number of benzene rings is 1. The molecule has 8 nitrogen and oxygen atoms in total. The zero-order valence-electron chi connectivity index (χ0n) is 18.7. The van der Waals surface area contributed by atoms with Gasteiger partial charge in [0.05, 0.1) is 19.4 Å². The van der Waals surface area contributed by atoms with E-state index in [1.807, 2.05) is 40.3 Å². The maximum absolute atomic E-state index is 13.0.